The number of allylic oxidation sites excluding steroid dienone is 2. The Hall–Kier alpha value is -5.40. The number of hydrogen-bond donors (Lipinski definition) is 1. The molecule has 0 spiro atoms. The molecule has 6 atom stereocenters. The molecule has 2 saturated heterocycles. The molecule has 4 amide bonds. The van der Waals surface area contributed by atoms with Crippen LogP contribution in [-0.4, -0.2) is 44.3 Å². The summed E-state index contributed by atoms with van der Waals surface area (Å²) in [6.45, 7) is 1.51. The van der Waals surface area contributed by atoms with E-state index in [1.54, 1.807) is 30.3 Å². The Morgan fingerprint density at radius 3 is 1.96 bits per heavy atom. The lowest BCUT2D eigenvalue weighted by Gasteiger charge is -2.50. The summed E-state index contributed by atoms with van der Waals surface area (Å²) >= 11 is 14.3. The molecule has 0 unspecified atom stereocenters. The van der Waals surface area contributed by atoms with Gasteiger partial charge >= 0.3 is 0 Å². The SMILES string of the molecule is Cc1cccc([C@H]2C3=CC[C@@H]4C(=O)N(c5ccc(C(=O)c6ccccc6)cc5)C(=O)[C@@H]4[C@@H]3C[C@@]3(Cl)C(=O)N(c4c(F)c(F)c(F)c(F)c4F)C(=O)[C@@]23Cl)c1O. The number of phenolic OH excluding ortho intramolecular Hbond substituents is 1. The smallest absolute Gasteiger partial charge is 0.258 e. The zero-order chi connectivity index (χ0) is 39.5. The molecule has 8 nitrogen and oxygen atoms in total. The topological polar surface area (TPSA) is 112 Å². The molecule has 8 rings (SSSR count). The standard InChI is InChI=1S/C40H25Cl2F5N2O6/c1-17-6-5-9-23(33(17)50)26-21-14-15-22-25(36(53)48(35(22)52)20-12-10-19(11-13-20)34(51)18-7-3-2-4-8-18)24(21)16-39(41)37(54)49(38(55)40(26,39)42)32-30(46)28(44)27(43)29(45)31(32)47/h2-14,22,24-26,50H,15-16H2,1H3/t22-,24+,25-,26+,39+,40-/m0/s1. The van der Waals surface area contributed by atoms with Gasteiger partial charge in [-0.05, 0) is 55.5 Å². The molecule has 280 valence electrons. The molecule has 4 aliphatic rings. The zero-order valence-corrected chi connectivity index (χ0v) is 29.8. The predicted molar refractivity (Wildman–Crippen MR) is 188 cm³/mol. The number of imide groups is 2. The molecule has 0 bridgehead atoms. The van der Waals surface area contributed by atoms with E-state index in [9.17, 15) is 42.3 Å². The van der Waals surface area contributed by atoms with Crippen LogP contribution in [-0.2, 0) is 19.2 Å². The van der Waals surface area contributed by atoms with E-state index < -0.39 is 104 Å². The van der Waals surface area contributed by atoms with E-state index in [-0.39, 0.29) is 45.1 Å². The number of carbonyl (C=O) groups is 5. The van der Waals surface area contributed by atoms with Crippen molar-refractivity contribution in [2.45, 2.75) is 35.4 Å². The van der Waals surface area contributed by atoms with Gasteiger partial charge in [0.25, 0.3) is 11.8 Å². The largest absolute Gasteiger partial charge is 0.507 e. The molecular weight excluding hydrogens is 770 g/mol. The molecule has 15 heteroatoms. The molecule has 1 saturated carbocycles. The van der Waals surface area contributed by atoms with E-state index in [2.05, 4.69) is 0 Å². The number of phenols is 1. The molecule has 4 aromatic rings. The van der Waals surface area contributed by atoms with Crippen LogP contribution in [0.15, 0.2) is 84.4 Å². The monoisotopic (exact) mass is 794 g/mol. The number of halogens is 7. The van der Waals surface area contributed by atoms with E-state index in [0.29, 0.717) is 5.56 Å². The maximum absolute atomic E-state index is 15.3. The second-order valence-electron chi connectivity index (χ2n) is 14.0. The first-order valence-electron chi connectivity index (χ1n) is 16.9. The second-order valence-corrected chi connectivity index (χ2v) is 15.2. The van der Waals surface area contributed by atoms with Gasteiger partial charge in [-0.1, -0.05) is 60.2 Å². The first kappa shape index (κ1) is 36.6. The Bertz CT molecular complexity index is 2420. The van der Waals surface area contributed by atoms with Crippen LogP contribution in [0.2, 0.25) is 0 Å². The maximum atomic E-state index is 15.3. The third kappa shape index (κ3) is 4.84. The number of anilines is 2. The van der Waals surface area contributed by atoms with Gasteiger partial charge in [-0.15, -0.1) is 23.2 Å². The summed E-state index contributed by atoms with van der Waals surface area (Å²) in [4.78, 5) is 65.4. The number of amides is 4. The van der Waals surface area contributed by atoms with E-state index in [0.717, 1.165) is 4.90 Å². The minimum absolute atomic E-state index is 0.0814. The number of carbonyl (C=O) groups excluding carboxylic acids is 5. The minimum atomic E-state index is -2.77. The van der Waals surface area contributed by atoms with Gasteiger partial charge in [0.2, 0.25) is 17.6 Å². The van der Waals surface area contributed by atoms with Crippen LogP contribution in [0.3, 0.4) is 0 Å². The number of aromatic hydroxyl groups is 1. The number of rotatable bonds is 5. The molecule has 2 aliphatic heterocycles. The van der Waals surface area contributed by atoms with Gasteiger partial charge in [0.15, 0.2) is 38.8 Å². The van der Waals surface area contributed by atoms with Gasteiger partial charge in [0.1, 0.15) is 11.4 Å². The van der Waals surface area contributed by atoms with Crippen LogP contribution in [0.25, 0.3) is 0 Å². The summed E-state index contributed by atoms with van der Waals surface area (Å²) in [5.74, 6) is -22.8. The quantitative estimate of drug-likeness (QED) is 0.0429. The van der Waals surface area contributed by atoms with Crippen LogP contribution in [0.5, 0.6) is 5.75 Å². The summed E-state index contributed by atoms with van der Waals surface area (Å²) in [6, 6.07) is 18.6. The van der Waals surface area contributed by atoms with E-state index in [4.69, 9.17) is 23.2 Å². The molecular formula is C40H25Cl2F5N2O6. The van der Waals surface area contributed by atoms with Crippen molar-refractivity contribution in [2.75, 3.05) is 9.80 Å². The van der Waals surface area contributed by atoms with Crippen molar-refractivity contribution in [3.05, 3.63) is 136 Å². The fraction of sp³-hybridized carbons (Fsp3) is 0.225. The zero-order valence-electron chi connectivity index (χ0n) is 28.3. The van der Waals surface area contributed by atoms with Crippen molar-refractivity contribution < 1.29 is 51.0 Å². The lowest BCUT2D eigenvalue weighted by atomic mass is 9.56. The number of fused-ring (bicyclic) bond motifs is 4. The van der Waals surface area contributed by atoms with Crippen LogP contribution < -0.4 is 9.80 Å². The third-order valence-corrected chi connectivity index (χ3v) is 12.6. The number of hydrogen-bond acceptors (Lipinski definition) is 6. The predicted octanol–water partition coefficient (Wildman–Crippen LogP) is 7.40. The van der Waals surface area contributed by atoms with Gasteiger partial charge in [0.05, 0.1) is 17.5 Å². The van der Waals surface area contributed by atoms with Crippen molar-refractivity contribution in [3.8, 4) is 5.75 Å². The van der Waals surface area contributed by atoms with Crippen molar-refractivity contribution in [1.29, 1.82) is 0 Å². The summed E-state index contributed by atoms with van der Waals surface area (Å²) in [5, 5.41) is 11.3. The fourth-order valence-electron chi connectivity index (χ4n) is 8.60. The Morgan fingerprint density at radius 2 is 1.33 bits per heavy atom. The summed E-state index contributed by atoms with van der Waals surface area (Å²) in [5.41, 5.74) is -0.665. The molecule has 3 fully saturated rings. The highest BCUT2D eigenvalue weighted by Crippen LogP contribution is 2.67. The summed E-state index contributed by atoms with van der Waals surface area (Å²) in [6.07, 6.45) is 0.757. The van der Waals surface area contributed by atoms with Crippen LogP contribution >= 0.6 is 23.2 Å². The third-order valence-electron chi connectivity index (χ3n) is 11.2. The summed E-state index contributed by atoms with van der Waals surface area (Å²) < 4.78 is 73.6. The van der Waals surface area contributed by atoms with Gasteiger partial charge < -0.3 is 5.11 Å². The van der Waals surface area contributed by atoms with E-state index in [1.807, 2.05) is 0 Å². The Balaban J connectivity index is 1.24. The number of aryl methyl sites for hydroxylation is 1. The first-order chi connectivity index (χ1) is 26.1. The average molecular weight is 796 g/mol. The van der Waals surface area contributed by atoms with Crippen LogP contribution in [0.4, 0.5) is 33.3 Å². The van der Waals surface area contributed by atoms with Gasteiger partial charge in [-0.3, -0.25) is 28.9 Å². The minimum Gasteiger partial charge on any atom is -0.507 e. The average Bonchev–Trinajstić information content (AvgIpc) is 3.52. The highest BCUT2D eigenvalue weighted by molar-refractivity contribution is 6.58. The molecule has 1 N–H and O–H groups in total. The molecule has 55 heavy (non-hydrogen) atoms. The van der Waals surface area contributed by atoms with Gasteiger partial charge in [0, 0.05) is 22.6 Å². The van der Waals surface area contributed by atoms with Crippen molar-refractivity contribution in [2.24, 2.45) is 17.8 Å². The normalized spacial score (nSPS) is 27.2. The van der Waals surface area contributed by atoms with E-state index in [1.165, 1.54) is 55.5 Å². The molecule has 4 aromatic carbocycles. The Kier molecular flexibility index (Phi) is 8.36. The lowest BCUT2D eigenvalue weighted by Crippen LogP contribution is -2.60. The Labute approximate surface area is 318 Å². The number of nitrogens with zero attached hydrogens (tertiary/aromatic N) is 2. The highest BCUT2D eigenvalue weighted by Gasteiger charge is 2.77. The van der Waals surface area contributed by atoms with Gasteiger partial charge in [-0.25, -0.2) is 26.9 Å². The molecule has 0 radical (unpaired) electrons. The van der Waals surface area contributed by atoms with Crippen molar-refractivity contribution in [3.63, 3.8) is 0 Å². The van der Waals surface area contributed by atoms with Crippen LogP contribution in [0, 0.1) is 53.8 Å². The molecule has 0 aromatic heterocycles. The second kappa shape index (κ2) is 12.6. The van der Waals surface area contributed by atoms with Crippen molar-refractivity contribution in [1.82, 2.24) is 0 Å². The number of ketones is 1. The highest BCUT2D eigenvalue weighted by atomic mass is 35.5. The number of alkyl halides is 2. The van der Waals surface area contributed by atoms with Crippen molar-refractivity contribution >= 4 is 64.0 Å². The maximum Gasteiger partial charge on any atom is 0.258 e. The molecule has 2 aliphatic carbocycles. The van der Waals surface area contributed by atoms with E-state index >= 15 is 8.78 Å². The van der Waals surface area contributed by atoms with Gasteiger partial charge in [-0.2, -0.15) is 0 Å². The number of benzene rings is 4. The first-order valence-corrected chi connectivity index (χ1v) is 17.7. The Morgan fingerprint density at radius 1 is 0.727 bits per heavy atom. The molecule has 2 heterocycles. The lowest BCUT2D eigenvalue weighted by molar-refractivity contribution is -0.125. The summed E-state index contributed by atoms with van der Waals surface area (Å²) in [7, 11) is 0. The van der Waals surface area contributed by atoms with Crippen LogP contribution in [0.1, 0.15) is 45.8 Å². The number of para-hydroxylation sites is 1. The fourth-order valence-corrected chi connectivity index (χ4v) is 9.53.